The quantitative estimate of drug-likeness (QED) is 0.750. The number of hydrogen-bond acceptors (Lipinski definition) is 3. The van der Waals surface area contributed by atoms with Gasteiger partial charge in [-0.15, -0.1) is 0 Å². The van der Waals surface area contributed by atoms with Crippen molar-refractivity contribution < 1.29 is 17.6 Å². The van der Waals surface area contributed by atoms with E-state index in [-0.39, 0.29) is 31.2 Å². The van der Waals surface area contributed by atoms with Crippen LogP contribution in [0.25, 0.3) is 0 Å². The van der Waals surface area contributed by atoms with Crippen molar-refractivity contribution in [3.8, 4) is 0 Å². The number of benzene rings is 2. The van der Waals surface area contributed by atoms with Crippen LogP contribution in [0.3, 0.4) is 0 Å². The molecular formula is C20H25FN2O3S. The Bertz CT molecular complexity index is 913. The fourth-order valence-corrected chi connectivity index (χ4v) is 3.63. The Morgan fingerprint density at radius 1 is 1.11 bits per heavy atom. The maximum absolute atomic E-state index is 13.6. The zero-order chi connectivity index (χ0) is 20.0. The standard InChI is InChI=1S/C20H25FN2O3S/c1-15-10-11-18(13-16(15)2)23(27(3,25)26)12-6-9-20(24)22-14-17-7-4-5-8-19(17)21/h4-5,7-8,10-11,13H,6,9,12,14H2,1-3H3,(H,22,24). The first kappa shape index (κ1) is 20.9. The Morgan fingerprint density at radius 3 is 2.44 bits per heavy atom. The summed E-state index contributed by atoms with van der Waals surface area (Å²) in [6, 6.07) is 11.7. The Labute approximate surface area is 160 Å². The van der Waals surface area contributed by atoms with Crippen LogP contribution in [0.5, 0.6) is 0 Å². The minimum Gasteiger partial charge on any atom is -0.352 e. The number of halogens is 1. The van der Waals surface area contributed by atoms with Crippen molar-refractivity contribution in [2.24, 2.45) is 0 Å². The van der Waals surface area contributed by atoms with Crippen LogP contribution in [0.1, 0.15) is 29.5 Å². The lowest BCUT2D eigenvalue weighted by atomic mass is 10.1. The van der Waals surface area contributed by atoms with Gasteiger partial charge in [-0.25, -0.2) is 12.8 Å². The number of sulfonamides is 1. The van der Waals surface area contributed by atoms with Crippen LogP contribution in [-0.4, -0.2) is 27.1 Å². The molecule has 2 aromatic carbocycles. The summed E-state index contributed by atoms with van der Waals surface area (Å²) in [5.74, 6) is -0.609. The number of carbonyl (C=O) groups is 1. The molecule has 0 fully saturated rings. The predicted molar refractivity (Wildman–Crippen MR) is 106 cm³/mol. The number of carbonyl (C=O) groups excluding carboxylic acids is 1. The molecule has 0 unspecified atom stereocenters. The van der Waals surface area contributed by atoms with E-state index in [1.54, 1.807) is 24.3 Å². The van der Waals surface area contributed by atoms with Crippen LogP contribution in [0, 0.1) is 19.7 Å². The van der Waals surface area contributed by atoms with E-state index in [0.29, 0.717) is 17.7 Å². The van der Waals surface area contributed by atoms with Crippen molar-refractivity contribution in [2.45, 2.75) is 33.2 Å². The Morgan fingerprint density at radius 2 is 1.81 bits per heavy atom. The highest BCUT2D eigenvalue weighted by atomic mass is 32.2. The van der Waals surface area contributed by atoms with Crippen molar-refractivity contribution in [1.82, 2.24) is 5.32 Å². The van der Waals surface area contributed by atoms with Crippen LogP contribution >= 0.6 is 0 Å². The summed E-state index contributed by atoms with van der Waals surface area (Å²) >= 11 is 0. The van der Waals surface area contributed by atoms with Crippen LogP contribution in [0.15, 0.2) is 42.5 Å². The van der Waals surface area contributed by atoms with E-state index in [1.165, 1.54) is 10.4 Å². The average molecular weight is 392 g/mol. The topological polar surface area (TPSA) is 66.5 Å². The van der Waals surface area contributed by atoms with Gasteiger partial charge in [-0.1, -0.05) is 24.3 Å². The average Bonchev–Trinajstić information content (AvgIpc) is 2.59. The molecule has 0 saturated heterocycles. The number of anilines is 1. The normalized spacial score (nSPS) is 11.3. The smallest absolute Gasteiger partial charge is 0.232 e. The second-order valence-electron chi connectivity index (χ2n) is 6.58. The third-order valence-corrected chi connectivity index (χ3v) is 5.57. The zero-order valence-electron chi connectivity index (χ0n) is 15.8. The molecule has 2 aromatic rings. The molecule has 0 heterocycles. The monoisotopic (exact) mass is 392 g/mol. The second-order valence-corrected chi connectivity index (χ2v) is 8.48. The number of nitrogens with zero attached hydrogens (tertiary/aromatic N) is 1. The SMILES string of the molecule is Cc1ccc(N(CCCC(=O)NCc2ccccc2F)S(C)(=O)=O)cc1C. The summed E-state index contributed by atoms with van der Waals surface area (Å²) in [6.07, 6.45) is 1.68. The molecule has 0 aliphatic carbocycles. The highest BCUT2D eigenvalue weighted by Gasteiger charge is 2.18. The second kappa shape index (κ2) is 8.99. The minimum absolute atomic E-state index is 0.110. The molecule has 0 aromatic heterocycles. The van der Waals surface area contributed by atoms with E-state index in [2.05, 4.69) is 5.32 Å². The van der Waals surface area contributed by atoms with Crippen molar-refractivity contribution in [3.05, 3.63) is 65.0 Å². The van der Waals surface area contributed by atoms with Gasteiger partial charge in [0.25, 0.3) is 0 Å². The lowest BCUT2D eigenvalue weighted by Gasteiger charge is -2.23. The fraction of sp³-hybridized carbons (Fsp3) is 0.350. The molecule has 7 heteroatoms. The molecule has 0 spiro atoms. The van der Waals surface area contributed by atoms with Gasteiger partial charge in [-0.2, -0.15) is 0 Å². The lowest BCUT2D eigenvalue weighted by molar-refractivity contribution is -0.121. The summed E-state index contributed by atoms with van der Waals surface area (Å²) in [6.45, 7) is 4.20. The molecular weight excluding hydrogens is 367 g/mol. The molecule has 1 amide bonds. The Kier molecular flexibility index (Phi) is 6.96. The minimum atomic E-state index is -3.45. The maximum atomic E-state index is 13.6. The molecule has 0 aliphatic heterocycles. The number of nitrogens with one attached hydrogen (secondary N) is 1. The highest BCUT2D eigenvalue weighted by Crippen LogP contribution is 2.21. The fourth-order valence-electron chi connectivity index (χ4n) is 2.67. The van der Waals surface area contributed by atoms with Crippen molar-refractivity contribution in [2.75, 3.05) is 17.1 Å². The molecule has 0 aliphatic rings. The van der Waals surface area contributed by atoms with E-state index in [9.17, 15) is 17.6 Å². The molecule has 0 bridgehead atoms. The summed E-state index contributed by atoms with van der Waals surface area (Å²) < 4.78 is 39.1. The first-order valence-electron chi connectivity index (χ1n) is 8.73. The van der Waals surface area contributed by atoms with Crippen LogP contribution in [0.2, 0.25) is 0 Å². The summed E-state index contributed by atoms with van der Waals surface area (Å²) in [4.78, 5) is 12.0. The van der Waals surface area contributed by atoms with Gasteiger partial charge < -0.3 is 5.32 Å². The van der Waals surface area contributed by atoms with E-state index >= 15 is 0 Å². The van der Waals surface area contributed by atoms with Crippen molar-refractivity contribution in [1.29, 1.82) is 0 Å². The van der Waals surface area contributed by atoms with Crippen LogP contribution in [-0.2, 0) is 21.4 Å². The van der Waals surface area contributed by atoms with Gasteiger partial charge in [0.2, 0.25) is 15.9 Å². The molecule has 2 rings (SSSR count). The van der Waals surface area contributed by atoms with Gasteiger partial charge in [0.1, 0.15) is 5.82 Å². The molecule has 5 nitrogen and oxygen atoms in total. The Hall–Kier alpha value is -2.41. The van der Waals surface area contributed by atoms with E-state index in [4.69, 9.17) is 0 Å². The molecule has 27 heavy (non-hydrogen) atoms. The van der Waals surface area contributed by atoms with Gasteiger partial charge in [-0.3, -0.25) is 9.10 Å². The van der Waals surface area contributed by atoms with Crippen molar-refractivity contribution >= 4 is 21.6 Å². The van der Waals surface area contributed by atoms with Crippen LogP contribution < -0.4 is 9.62 Å². The predicted octanol–water partition coefficient (Wildman–Crippen LogP) is 3.31. The number of hydrogen-bond donors (Lipinski definition) is 1. The van der Waals surface area contributed by atoms with Crippen LogP contribution in [0.4, 0.5) is 10.1 Å². The molecule has 0 radical (unpaired) electrons. The lowest BCUT2D eigenvalue weighted by Crippen LogP contribution is -2.32. The first-order valence-corrected chi connectivity index (χ1v) is 10.6. The first-order chi connectivity index (χ1) is 12.7. The Balaban J connectivity index is 1.92. The highest BCUT2D eigenvalue weighted by molar-refractivity contribution is 7.92. The van der Waals surface area contributed by atoms with Gasteiger partial charge in [0.15, 0.2) is 0 Å². The number of aryl methyl sites for hydroxylation is 2. The van der Waals surface area contributed by atoms with Gasteiger partial charge in [-0.05, 0) is 49.6 Å². The summed E-state index contributed by atoms with van der Waals surface area (Å²) in [7, 11) is -3.45. The van der Waals surface area contributed by atoms with Gasteiger partial charge in [0.05, 0.1) is 11.9 Å². The zero-order valence-corrected chi connectivity index (χ0v) is 16.6. The van der Waals surface area contributed by atoms with Gasteiger partial charge >= 0.3 is 0 Å². The molecule has 0 atom stereocenters. The largest absolute Gasteiger partial charge is 0.352 e. The van der Waals surface area contributed by atoms with Gasteiger partial charge in [0, 0.05) is 25.1 Å². The van der Waals surface area contributed by atoms with Crippen molar-refractivity contribution in [3.63, 3.8) is 0 Å². The third-order valence-electron chi connectivity index (χ3n) is 4.38. The summed E-state index contributed by atoms with van der Waals surface area (Å²) in [5, 5.41) is 2.66. The maximum Gasteiger partial charge on any atom is 0.232 e. The molecule has 0 saturated carbocycles. The number of rotatable bonds is 8. The molecule has 146 valence electrons. The van der Waals surface area contributed by atoms with E-state index in [0.717, 1.165) is 17.4 Å². The van der Waals surface area contributed by atoms with E-state index in [1.807, 2.05) is 26.0 Å². The number of amides is 1. The molecule has 1 N–H and O–H groups in total. The third kappa shape index (κ3) is 6.06. The van der Waals surface area contributed by atoms with E-state index < -0.39 is 10.0 Å². The summed E-state index contributed by atoms with van der Waals surface area (Å²) in [5.41, 5.74) is 3.09.